The SMILES string of the molecule is Cl.Cl.Nc1cc(Nc2nc(N3CCC[C@@H](N)C3)c3ncccc3n2)cc(C(F)(F)F)c1. The van der Waals surface area contributed by atoms with Crippen LogP contribution in [0.3, 0.4) is 0 Å². The average Bonchev–Trinajstić information content (AvgIpc) is 2.66. The number of rotatable bonds is 3. The number of piperidine rings is 1. The third-order valence-electron chi connectivity index (χ3n) is 4.73. The van der Waals surface area contributed by atoms with Gasteiger partial charge in [0.05, 0.1) is 11.1 Å². The highest BCUT2D eigenvalue weighted by Crippen LogP contribution is 2.34. The number of pyridine rings is 1. The Balaban J connectivity index is 0.00000171. The number of fused-ring (bicyclic) bond motifs is 1. The van der Waals surface area contributed by atoms with Crippen molar-refractivity contribution in [2.24, 2.45) is 5.73 Å². The number of alkyl halides is 3. The Morgan fingerprint density at radius 3 is 2.61 bits per heavy atom. The Bertz CT molecular complexity index is 1050. The Kier molecular flexibility index (Phi) is 7.74. The van der Waals surface area contributed by atoms with E-state index in [1.807, 2.05) is 4.90 Å². The van der Waals surface area contributed by atoms with Crippen LogP contribution in [0, 0.1) is 0 Å². The van der Waals surface area contributed by atoms with Crippen LogP contribution in [-0.2, 0) is 6.18 Å². The minimum atomic E-state index is -4.50. The summed E-state index contributed by atoms with van der Waals surface area (Å²) in [6.45, 7) is 1.39. The first kappa shape index (κ1) is 24.7. The molecule has 1 saturated heterocycles. The van der Waals surface area contributed by atoms with E-state index in [2.05, 4.69) is 20.3 Å². The Hall–Kier alpha value is -2.56. The number of halogens is 5. The van der Waals surface area contributed by atoms with Crippen molar-refractivity contribution in [3.63, 3.8) is 0 Å². The molecule has 0 spiro atoms. The van der Waals surface area contributed by atoms with Gasteiger partial charge in [-0.15, -0.1) is 24.8 Å². The second-order valence-electron chi connectivity index (χ2n) is 7.06. The summed E-state index contributed by atoms with van der Waals surface area (Å²) in [5.41, 5.74) is 12.3. The summed E-state index contributed by atoms with van der Waals surface area (Å²) in [6.07, 6.45) is -0.997. The number of aromatic nitrogens is 3. The zero-order valence-electron chi connectivity index (χ0n) is 16.3. The standard InChI is InChI=1S/C19H20F3N7.2ClH/c20-19(21,22)11-7-13(24)9-14(8-11)26-18-27-15-4-1-5-25-16(15)17(28-18)29-6-2-3-12(23)10-29;;/h1,4-5,7-9,12H,2-3,6,10,23-24H2,(H,26,27,28);2*1H/t12-;;/m1../s1. The van der Waals surface area contributed by atoms with Crippen LogP contribution in [0.25, 0.3) is 11.0 Å². The quantitative estimate of drug-likeness (QED) is 0.488. The van der Waals surface area contributed by atoms with Gasteiger partial charge in [0.15, 0.2) is 5.82 Å². The van der Waals surface area contributed by atoms with Crippen LogP contribution in [0.1, 0.15) is 18.4 Å². The molecule has 0 amide bonds. The Labute approximate surface area is 189 Å². The van der Waals surface area contributed by atoms with Crippen molar-refractivity contribution < 1.29 is 13.2 Å². The number of nitrogens with one attached hydrogen (secondary N) is 1. The normalized spacial score (nSPS) is 16.4. The number of hydrogen-bond acceptors (Lipinski definition) is 7. The lowest BCUT2D eigenvalue weighted by molar-refractivity contribution is -0.137. The summed E-state index contributed by atoms with van der Waals surface area (Å²) in [5.74, 6) is 0.770. The monoisotopic (exact) mass is 475 g/mol. The van der Waals surface area contributed by atoms with Gasteiger partial charge < -0.3 is 21.7 Å². The summed E-state index contributed by atoms with van der Waals surface area (Å²) in [6, 6.07) is 6.82. The number of nitrogens with zero attached hydrogens (tertiary/aromatic N) is 4. The lowest BCUT2D eigenvalue weighted by Crippen LogP contribution is -2.43. The van der Waals surface area contributed by atoms with Crippen molar-refractivity contribution >= 4 is 59.0 Å². The van der Waals surface area contributed by atoms with Gasteiger partial charge in [0.1, 0.15) is 5.52 Å². The topological polar surface area (TPSA) is 106 Å². The van der Waals surface area contributed by atoms with Crippen LogP contribution in [0.5, 0.6) is 0 Å². The smallest absolute Gasteiger partial charge is 0.399 e. The van der Waals surface area contributed by atoms with Crippen molar-refractivity contribution in [3.05, 3.63) is 42.1 Å². The fourth-order valence-corrected chi connectivity index (χ4v) is 3.45. The fraction of sp³-hybridized carbons (Fsp3) is 0.316. The molecule has 1 aromatic carbocycles. The van der Waals surface area contributed by atoms with Gasteiger partial charge in [0.25, 0.3) is 0 Å². The molecule has 0 aliphatic carbocycles. The van der Waals surface area contributed by atoms with Gasteiger partial charge in [-0.1, -0.05) is 0 Å². The number of nitrogens with two attached hydrogens (primary N) is 2. The maximum absolute atomic E-state index is 13.1. The zero-order chi connectivity index (χ0) is 20.6. The van der Waals surface area contributed by atoms with Crippen LogP contribution in [0.4, 0.5) is 36.3 Å². The molecule has 3 heterocycles. The lowest BCUT2D eigenvalue weighted by atomic mass is 10.1. The molecular weight excluding hydrogens is 454 g/mol. The van der Waals surface area contributed by atoms with E-state index in [1.165, 1.54) is 6.07 Å². The van der Waals surface area contributed by atoms with E-state index in [9.17, 15) is 13.2 Å². The Morgan fingerprint density at radius 1 is 1.13 bits per heavy atom. The molecule has 1 atom stereocenters. The summed E-state index contributed by atoms with van der Waals surface area (Å²) in [5, 5.41) is 2.85. The largest absolute Gasteiger partial charge is 0.416 e. The van der Waals surface area contributed by atoms with Crippen LogP contribution in [0.15, 0.2) is 36.5 Å². The first-order chi connectivity index (χ1) is 13.8. The van der Waals surface area contributed by atoms with Crippen molar-refractivity contribution in [1.82, 2.24) is 15.0 Å². The van der Waals surface area contributed by atoms with Crippen LogP contribution in [0.2, 0.25) is 0 Å². The first-order valence-electron chi connectivity index (χ1n) is 9.18. The molecule has 2 aromatic heterocycles. The van der Waals surface area contributed by atoms with Crippen LogP contribution in [-0.4, -0.2) is 34.1 Å². The van der Waals surface area contributed by atoms with Gasteiger partial charge in [-0.25, -0.2) is 4.98 Å². The summed E-state index contributed by atoms with van der Waals surface area (Å²) >= 11 is 0. The fourth-order valence-electron chi connectivity index (χ4n) is 3.45. The van der Waals surface area contributed by atoms with Gasteiger partial charge in [0, 0.05) is 36.7 Å². The third-order valence-corrected chi connectivity index (χ3v) is 4.73. The van der Waals surface area contributed by atoms with Crippen molar-refractivity contribution in [1.29, 1.82) is 0 Å². The number of anilines is 4. The molecule has 168 valence electrons. The van der Waals surface area contributed by atoms with Crippen molar-refractivity contribution in [2.45, 2.75) is 25.1 Å². The second kappa shape index (κ2) is 9.71. The first-order valence-corrected chi connectivity index (χ1v) is 9.18. The molecule has 7 nitrogen and oxygen atoms in total. The van der Waals surface area contributed by atoms with Crippen molar-refractivity contribution in [2.75, 3.05) is 29.0 Å². The predicted molar refractivity (Wildman–Crippen MR) is 120 cm³/mol. The minimum Gasteiger partial charge on any atom is -0.399 e. The molecule has 0 bridgehead atoms. The predicted octanol–water partition coefficient (Wildman–Crippen LogP) is 4.14. The molecule has 0 saturated carbocycles. The zero-order valence-corrected chi connectivity index (χ0v) is 17.9. The van der Waals surface area contributed by atoms with E-state index >= 15 is 0 Å². The van der Waals surface area contributed by atoms with E-state index in [0.29, 0.717) is 23.4 Å². The molecule has 12 heteroatoms. The molecule has 3 aromatic rings. The molecular formula is C19H22Cl2F3N7. The maximum Gasteiger partial charge on any atom is 0.416 e. The lowest BCUT2D eigenvalue weighted by Gasteiger charge is -2.32. The highest BCUT2D eigenvalue weighted by atomic mass is 35.5. The van der Waals surface area contributed by atoms with Gasteiger partial charge in [-0.05, 0) is 43.2 Å². The van der Waals surface area contributed by atoms with E-state index in [1.54, 1.807) is 18.3 Å². The van der Waals surface area contributed by atoms with Gasteiger partial charge in [0.2, 0.25) is 5.95 Å². The summed E-state index contributed by atoms with van der Waals surface area (Å²) < 4.78 is 39.3. The molecule has 31 heavy (non-hydrogen) atoms. The van der Waals surface area contributed by atoms with E-state index < -0.39 is 11.7 Å². The maximum atomic E-state index is 13.1. The highest BCUT2D eigenvalue weighted by Gasteiger charge is 2.31. The van der Waals surface area contributed by atoms with E-state index in [4.69, 9.17) is 11.5 Å². The minimum absolute atomic E-state index is 0. The van der Waals surface area contributed by atoms with Crippen LogP contribution < -0.4 is 21.7 Å². The molecule has 0 unspecified atom stereocenters. The van der Waals surface area contributed by atoms with Gasteiger partial charge >= 0.3 is 6.18 Å². The molecule has 1 fully saturated rings. The third kappa shape index (κ3) is 5.57. The number of benzene rings is 1. The molecule has 0 radical (unpaired) electrons. The van der Waals surface area contributed by atoms with E-state index in [0.717, 1.165) is 31.5 Å². The second-order valence-corrected chi connectivity index (χ2v) is 7.06. The van der Waals surface area contributed by atoms with Gasteiger partial charge in [-0.3, -0.25) is 4.98 Å². The van der Waals surface area contributed by atoms with Gasteiger partial charge in [-0.2, -0.15) is 18.2 Å². The average molecular weight is 476 g/mol. The van der Waals surface area contributed by atoms with E-state index in [-0.39, 0.29) is 48.2 Å². The molecule has 5 N–H and O–H groups in total. The highest BCUT2D eigenvalue weighted by molar-refractivity contribution is 5.87. The van der Waals surface area contributed by atoms with Crippen molar-refractivity contribution in [3.8, 4) is 0 Å². The summed E-state index contributed by atoms with van der Waals surface area (Å²) in [7, 11) is 0. The molecule has 1 aliphatic heterocycles. The summed E-state index contributed by atoms with van der Waals surface area (Å²) in [4.78, 5) is 15.4. The molecule has 1 aliphatic rings. The van der Waals surface area contributed by atoms with Crippen LogP contribution >= 0.6 is 24.8 Å². The molecule has 4 rings (SSSR count). The Morgan fingerprint density at radius 2 is 1.90 bits per heavy atom. The number of hydrogen-bond donors (Lipinski definition) is 3. The number of nitrogen functional groups attached to an aromatic ring is 1.